The monoisotopic (exact) mass is 469 g/mol. The number of benzene rings is 1. The predicted molar refractivity (Wildman–Crippen MR) is 131 cm³/mol. The van der Waals surface area contributed by atoms with Crippen molar-refractivity contribution in [2.75, 3.05) is 20.3 Å². The molecule has 0 saturated heterocycles. The smallest absolute Gasteiger partial charge is 0.335 e. The number of aliphatic hydroxyl groups is 2. The van der Waals surface area contributed by atoms with E-state index in [2.05, 4.69) is 18.8 Å². The van der Waals surface area contributed by atoms with E-state index in [0.29, 0.717) is 25.1 Å². The highest BCUT2D eigenvalue weighted by atomic mass is 16.5. The molecule has 1 heterocycles. The number of esters is 1. The Bertz CT molecular complexity index is 941. The molecule has 0 radical (unpaired) electrons. The molecule has 2 aliphatic carbocycles. The molecule has 6 atom stereocenters. The van der Waals surface area contributed by atoms with Crippen molar-refractivity contribution in [3.63, 3.8) is 0 Å². The molecule has 0 spiro atoms. The van der Waals surface area contributed by atoms with Crippen molar-refractivity contribution < 1.29 is 24.5 Å². The van der Waals surface area contributed by atoms with E-state index >= 15 is 0 Å². The lowest BCUT2D eigenvalue weighted by Crippen LogP contribution is -2.58. The van der Waals surface area contributed by atoms with E-state index in [-0.39, 0.29) is 35.9 Å². The van der Waals surface area contributed by atoms with E-state index in [0.717, 1.165) is 37.0 Å². The molecule has 2 fully saturated rings. The molecule has 2 saturated carbocycles. The van der Waals surface area contributed by atoms with Crippen molar-refractivity contribution in [3.05, 3.63) is 53.6 Å². The molecule has 1 aromatic carbocycles. The minimum absolute atomic E-state index is 0.0236. The Hall–Kier alpha value is -2.15. The highest BCUT2D eigenvalue weighted by molar-refractivity contribution is 5.91. The molecule has 34 heavy (non-hydrogen) atoms. The standard InChI is InChI=1S/C28H39NO5/c1-18-5-10-24-27(2,13-11-25(31)28(24,3)17-30)22(18)15-23(21-12-14-34-26(21)32)29-16-19-6-8-20(33-4)9-7-19/h6-9,12,22-25,29-31H,1,5,10-11,13-17H2,2-4H3/t22-,23?,24?,25?,27+,28-/m0/s1. The Balaban J connectivity index is 1.59. The van der Waals surface area contributed by atoms with Crippen LogP contribution in [0.15, 0.2) is 48.1 Å². The lowest BCUT2D eigenvalue weighted by molar-refractivity contribution is -0.153. The summed E-state index contributed by atoms with van der Waals surface area (Å²) in [6.07, 6.45) is 5.48. The molecular weight excluding hydrogens is 430 g/mol. The molecule has 1 aliphatic heterocycles. The van der Waals surface area contributed by atoms with E-state index in [9.17, 15) is 15.0 Å². The number of cyclic esters (lactones) is 1. The van der Waals surface area contributed by atoms with E-state index in [1.165, 1.54) is 5.57 Å². The van der Waals surface area contributed by atoms with Gasteiger partial charge in [0.2, 0.25) is 0 Å². The fourth-order valence-electron chi connectivity index (χ4n) is 6.83. The highest BCUT2D eigenvalue weighted by Gasteiger charge is 2.57. The number of carbonyl (C=O) groups excluding carboxylic acids is 1. The summed E-state index contributed by atoms with van der Waals surface area (Å²) in [4.78, 5) is 12.6. The number of hydrogen-bond donors (Lipinski definition) is 3. The number of ether oxygens (including phenoxy) is 2. The quantitative estimate of drug-likeness (QED) is 0.397. The van der Waals surface area contributed by atoms with Crippen LogP contribution in [0.25, 0.3) is 0 Å². The largest absolute Gasteiger partial charge is 0.497 e. The average molecular weight is 470 g/mol. The van der Waals surface area contributed by atoms with Crippen molar-refractivity contribution in [2.24, 2.45) is 22.7 Å². The first-order chi connectivity index (χ1) is 16.2. The van der Waals surface area contributed by atoms with Gasteiger partial charge in [-0.05, 0) is 73.1 Å². The Morgan fingerprint density at radius 3 is 2.62 bits per heavy atom. The van der Waals surface area contributed by atoms with Crippen LogP contribution < -0.4 is 10.1 Å². The van der Waals surface area contributed by atoms with Crippen molar-refractivity contribution in [1.29, 1.82) is 0 Å². The van der Waals surface area contributed by atoms with Gasteiger partial charge in [0.1, 0.15) is 12.4 Å². The zero-order valence-corrected chi connectivity index (χ0v) is 20.7. The number of nitrogens with one attached hydrogen (secondary N) is 1. The zero-order valence-electron chi connectivity index (χ0n) is 20.7. The van der Waals surface area contributed by atoms with Gasteiger partial charge >= 0.3 is 5.97 Å². The third kappa shape index (κ3) is 4.43. The van der Waals surface area contributed by atoms with Crippen molar-refractivity contribution in [2.45, 2.75) is 64.6 Å². The summed E-state index contributed by atoms with van der Waals surface area (Å²) in [5.74, 6) is 0.921. The molecule has 4 rings (SSSR count). The number of hydrogen-bond acceptors (Lipinski definition) is 6. The maximum atomic E-state index is 12.6. The van der Waals surface area contributed by atoms with E-state index < -0.39 is 11.5 Å². The molecule has 1 aromatic rings. The first-order valence-electron chi connectivity index (χ1n) is 12.4. The number of rotatable bonds is 8. The average Bonchev–Trinajstić information content (AvgIpc) is 3.27. The van der Waals surface area contributed by atoms with Crippen LogP contribution in [-0.4, -0.2) is 48.7 Å². The van der Waals surface area contributed by atoms with Crippen LogP contribution in [0.2, 0.25) is 0 Å². The lowest BCUT2D eigenvalue weighted by Gasteiger charge is -2.60. The van der Waals surface area contributed by atoms with E-state index in [1.807, 2.05) is 37.3 Å². The molecule has 6 heteroatoms. The van der Waals surface area contributed by atoms with Gasteiger partial charge in [0.05, 0.1) is 25.4 Å². The zero-order chi connectivity index (χ0) is 24.5. The van der Waals surface area contributed by atoms with Gasteiger partial charge < -0.3 is 25.0 Å². The molecule has 0 bridgehead atoms. The fourth-order valence-corrected chi connectivity index (χ4v) is 6.83. The summed E-state index contributed by atoms with van der Waals surface area (Å²) in [5, 5.41) is 24.7. The van der Waals surface area contributed by atoms with Crippen LogP contribution in [0, 0.1) is 22.7 Å². The maximum Gasteiger partial charge on any atom is 0.335 e. The summed E-state index contributed by atoms with van der Waals surface area (Å²) < 4.78 is 10.5. The molecule has 0 amide bonds. The molecule has 186 valence electrons. The van der Waals surface area contributed by atoms with Gasteiger partial charge in [-0.2, -0.15) is 0 Å². The molecule has 3 N–H and O–H groups in total. The van der Waals surface area contributed by atoms with Crippen LogP contribution in [0.4, 0.5) is 0 Å². The first kappa shape index (κ1) is 25.0. The van der Waals surface area contributed by atoms with Crippen LogP contribution in [-0.2, 0) is 16.1 Å². The van der Waals surface area contributed by atoms with E-state index in [1.54, 1.807) is 7.11 Å². The van der Waals surface area contributed by atoms with Gasteiger partial charge in [-0.15, -0.1) is 0 Å². The second kappa shape index (κ2) is 9.84. The summed E-state index contributed by atoms with van der Waals surface area (Å²) in [5.41, 5.74) is 2.38. The first-order valence-corrected chi connectivity index (χ1v) is 12.4. The Kier molecular flexibility index (Phi) is 7.22. The third-order valence-corrected chi connectivity index (χ3v) is 9.01. The van der Waals surface area contributed by atoms with Gasteiger partial charge in [0, 0.05) is 18.0 Å². The normalized spacial score (nSPS) is 34.3. The van der Waals surface area contributed by atoms with E-state index in [4.69, 9.17) is 9.47 Å². The SMILES string of the molecule is C=C1CCC2[C@](C)(CO)C(O)CC[C@]2(C)[C@H]1CC(NCc1ccc(OC)cc1)C1=CCOC1=O. The Morgan fingerprint density at radius 1 is 1.26 bits per heavy atom. The maximum absolute atomic E-state index is 12.6. The highest BCUT2D eigenvalue weighted by Crippen LogP contribution is 2.61. The number of carbonyl (C=O) groups is 1. The van der Waals surface area contributed by atoms with Gasteiger partial charge in [-0.25, -0.2) is 4.79 Å². The van der Waals surface area contributed by atoms with Crippen molar-refractivity contribution >= 4 is 5.97 Å². The molecule has 6 nitrogen and oxygen atoms in total. The number of aliphatic hydroxyl groups excluding tert-OH is 2. The molecule has 3 unspecified atom stereocenters. The minimum Gasteiger partial charge on any atom is -0.497 e. The summed E-state index contributed by atoms with van der Waals surface area (Å²) in [7, 11) is 1.65. The van der Waals surface area contributed by atoms with Gasteiger partial charge in [-0.3, -0.25) is 0 Å². The van der Waals surface area contributed by atoms with Crippen LogP contribution in [0.5, 0.6) is 5.75 Å². The van der Waals surface area contributed by atoms with Crippen LogP contribution in [0.1, 0.15) is 51.5 Å². The summed E-state index contributed by atoms with van der Waals surface area (Å²) in [6.45, 7) is 9.69. The summed E-state index contributed by atoms with van der Waals surface area (Å²) in [6, 6.07) is 7.76. The minimum atomic E-state index is -0.524. The molecule has 3 aliphatic rings. The Labute approximate surface area is 203 Å². The summed E-state index contributed by atoms with van der Waals surface area (Å²) >= 11 is 0. The van der Waals surface area contributed by atoms with Crippen LogP contribution in [0.3, 0.4) is 0 Å². The van der Waals surface area contributed by atoms with Gasteiger partial charge in [0.15, 0.2) is 0 Å². The molecular formula is C28H39NO5. The topological polar surface area (TPSA) is 88.0 Å². The second-order valence-electron chi connectivity index (χ2n) is 10.8. The lowest BCUT2D eigenvalue weighted by atomic mass is 9.46. The second-order valence-corrected chi connectivity index (χ2v) is 10.8. The van der Waals surface area contributed by atoms with Gasteiger partial charge in [0.25, 0.3) is 0 Å². The molecule has 0 aromatic heterocycles. The van der Waals surface area contributed by atoms with Crippen molar-refractivity contribution in [3.8, 4) is 5.75 Å². The number of methoxy groups -OCH3 is 1. The third-order valence-electron chi connectivity index (χ3n) is 9.01. The van der Waals surface area contributed by atoms with Crippen LogP contribution >= 0.6 is 0 Å². The number of fused-ring (bicyclic) bond motifs is 1. The fraction of sp³-hybridized carbons (Fsp3) is 0.607. The van der Waals surface area contributed by atoms with Gasteiger partial charge in [-0.1, -0.05) is 38.1 Å². The Morgan fingerprint density at radius 2 is 2.00 bits per heavy atom. The predicted octanol–water partition coefficient (Wildman–Crippen LogP) is 3.77. The van der Waals surface area contributed by atoms with Crippen molar-refractivity contribution in [1.82, 2.24) is 5.32 Å². The number of allylic oxidation sites excluding steroid dienone is 1.